The van der Waals surface area contributed by atoms with Crippen molar-refractivity contribution in [3.05, 3.63) is 29.8 Å². The van der Waals surface area contributed by atoms with E-state index < -0.39 is 6.29 Å². The van der Waals surface area contributed by atoms with Gasteiger partial charge in [0.15, 0.2) is 6.29 Å². The predicted octanol–water partition coefficient (Wildman–Crippen LogP) is 1.03. The third kappa shape index (κ3) is 1.93. The molecule has 1 atom stereocenters. The molecule has 11 heavy (non-hydrogen) atoms. The molecule has 0 aliphatic rings. The summed E-state index contributed by atoms with van der Waals surface area (Å²) < 4.78 is 4.64. The van der Waals surface area contributed by atoms with Gasteiger partial charge in [0.2, 0.25) is 0 Å². The lowest BCUT2D eigenvalue weighted by atomic mass is 10.2. The fourth-order valence-electron chi connectivity index (χ4n) is 0.814. The van der Waals surface area contributed by atoms with Gasteiger partial charge in [0.1, 0.15) is 5.75 Å². The molecule has 0 amide bonds. The van der Waals surface area contributed by atoms with Gasteiger partial charge in [0.05, 0.1) is 0 Å². The highest BCUT2D eigenvalue weighted by atomic mass is 16.6. The highest BCUT2D eigenvalue weighted by Crippen LogP contribution is 2.17. The molecule has 1 aromatic rings. The maximum Gasteiger partial charge on any atom is 0.180 e. The van der Waals surface area contributed by atoms with Crippen LogP contribution in [-0.2, 0) is 4.74 Å². The number of hydrogen-bond donors (Lipinski definition) is 2. The van der Waals surface area contributed by atoms with Gasteiger partial charge < -0.3 is 14.9 Å². The van der Waals surface area contributed by atoms with Gasteiger partial charge in [-0.1, -0.05) is 12.1 Å². The summed E-state index contributed by atoms with van der Waals surface area (Å²) in [7, 11) is 1.40. The van der Waals surface area contributed by atoms with Crippen LogP contribution < -0.4 is 0 Å². The van der Waals surface area contributed by atoms with Crippen LogP contribution in [0.3, 0.4) is 0 Å². The predicted molar refractivity (Wildman–Crippen MR) is 40.1 cm³/mol. The van der Waals surface area contributed by atoms with Gasteiger partial charge in [0.25, 0.3) is 0 Å². The van der Waals surface area contributed by atoms with Crippen LogP contribution in [0.1, 0.15) is 11.9 Å². The molecule has 3 nitrogen and oxygen atoms in total. The van der Waals surface area contributed by atoms with Crippen molar-refractivity contribution in [3.63, 3.8) is 0 Å². The Hall–Kier alpha value is -1.06. The summed E-state index contributed by atoms with van der Waals surface area (Å²) in [5.74, 6) is 0.124. The number of phenolic OH excluding ortho intramolecular Hbond substituents is 1. The standard InChI is InChI=1S/C8H10O3/c1-11-8(10)6-3-2-4-7(9)5-6/h2-5,8-10H,1H3. The zero-order chi connectivity index (χ0) is 8.27. The van der Waals surface area contributed by atoms with E-state index in [9.17, 15) is 0 Å². The molecular formula is C8H10O3. The van der Waals surface area contributed by atoms with Crippen molar-refractivity contribution in [3.8, 4) is 5.75 Å². The average molecular weight is 154 g/mol. The minimum atomic E-state index is -0.956. The first-order chi connectivity index (χ1) is 5.24. The molecule has 0 aliphatic carbocycles. The van der Waals surface area contributed by atoms with Crippen LogP contribution in [0.25, 0.3) is 0 Å². The molecule has 0 saturated heterocycles. The Labute approximate surface area is 64.9 Å². The highest BCUT2D eigenvalue weighted by Gasteiger charge is 2.04. The van der Waals surface area contributed by atoms with Crippen LogP contribution >= 0.6 is 0 Å². The Bertz CT molecular complexity index is 235. The van der Waals surface area contributed by atoms with Crippen molar-refractivity contribution in [1.82, 2.24) is 0 Å². The van der Waals surface area contributed by atoms with Crippen LogP contribution in [0.15, 0.2) is 24.3 Å². The van der Waals surface area contributed by atoms with Crippen molar-refractivity contribution < 1.29 is 14.9 Å². The van der Waals surface area contributed by atoms with Crippen molar-refractivity contribution in [2.75, 3.05) is 7.11 Å². The number of hydrogen-bond acceptors (Lipinski definition) is 3. The molecule has 0 aliphatic heterocycles. The monoisotopic (exact) mass is 154 g/mol. The molecular weight excluding hydrogens is 144 g/mol. The number of benzene rings is 1. The van der Waals surface area contributed by atoms with Crippen molar-refractivity contribution >= 4 is 0 Å². The third-order valence-electron chi connectivity index (χ3n) is 1.38. The van der Waals surface area contributed by atoms with E-state index in [0.29, 0.717) is 5.56 Å². The number of aliphatic hydroxyl groups is 1. The van der Waals surface area contributed by atoms with Gasteiger partial charge in [-0.15, -0.1) is 0 Å². The number of phenols is 1. The molecule has 0 aromatic heterocycles. The van der Waals surface area contributed by atoms with E-state index in [2.05, 4.69) is 4.74 Å². The maximum absolute atomic E-state index is 9.12. The van der Waals surface area contributed by atoms with Crippen LogP contribution in [-0.4, -0.2) is 17.3 Å². The summed E-state index contributed by atoms with van der Waals surface area (Å²) in [5.41, 5.74) is 0.549. The summed E-state index contributed by atoms with van der Waals surface area (Å²) in [4.78, 5) is 0. The molecule has 0 saturated carbocycles. The molecule has 0 radical (unpaired) electrons. The van der Waals surface area contributed by atoms with E-state index in [0.717, 1.165) is 0 Å². The Morgan fingerprint density at radius 1 is 1.45 bits per heavy atom. The first-order valence-electron chi connectivity index (χ1n) is 3.24. The maximum atomic E-state index is 9.12. The molecule has 0 bridgehead atoms. The third-order valence-corrected chi connectivity index (χ3v) is 1.38. The molecule has 1 aromatic carbocycles. The number of methoxy groups -OCH3 is 1. The molecule has 3 heteroatoms. The van der Waals surface area contributed by atoms with E-state index >= 15 is 0 Å². The summed E-state index contributed by atoms with van der Waals surface area (Å²) in [5, 5.41) is 18.1. The zero-order valence-electron chi connectivity index (χ0n) is 6.19. The molecule has 1 unspecified atom stereocenters. The first-order valence-corrected chi connectivity index (χ1v) is 3.24. The van der Waals surface area contributed by atoms with Crippen LogP contribution in [0, 0.1) is 0 Å². The first kappa shape index (κ1) is 8.04. The lowest BCUT2D eigenvalue weighted by Crippen LogP contribution is -1.98. The summed E-state index contributed by atoms with van der Waals surface area (Å²) in [6.07, 6.45) is -0.956. The fourth-order valence-corrected chi connectivity index (χ4v) is 0.814. The van der Waals surface area contributed by atoms with E-state index in [-0.39, 0.29) is 5.75 Å². The average Bonchev–Trinajstić information content (AvgIpc) is 2.03. The highest BCUT2D eigenvalue weighted by molar-refractivity contribution is 5.27. The Morgan fingerprint density at radius 2 is 2.18 bits per heavy atom. The Kier molecular flexibility index (Phi) is 2.46. The molecule has 1 rings (SSSR count). The van der Waals surface area contributed by atoms with Crippen molar-refractivity contribution in [1.29, 1.82) is 0 Å². The van der Waals surface area contributed by atoms with Gasteiger partial charge >= 0.3 is 0 Å². The van der Waals surface area contributed by atoms with Crippen LogP contribution in [0.5, 0.6) is 5.75 Å². The normalized spacial score (nSPS) is 12.9. The van der Waals surface area contributed by atoms with E-state index in [1.807, 2.05) is 0 Å². The lowest BCUT2D eigenvalue weighted by molar-refractivity contribution is -0.0770. The van der Waals surface area contributed by atoms with Crippen molar-refractivity contribution in [2.45, 2.75) is 6.29 Å². The summed E-state index contributed by atoms with van der Waals surface area (Å²) in [6.45, 7) is 0. The molecule has 0 heterocycles. The SMILES string of the molecule is COC(O)c1cccc(O)c1. The minimum absolute atomic E-state index is 0.124. The fraction of sp³-hybridized carbons (Fsp3) is 0.250. The molecule has 2 N–H and O–H groups in total. The van der Waals surface area contributed by atoms with E-state index in [1.165, 1.54) is 19.2 Å². The summed E-state index contributed by atoms with van der Waals surface area (Å²) >= 11 is 0. The Balaban J connectivity index is 2.86. The van der Waals surface area contributed by atoms with Gasteiger partial charge in [-0.3, -0.25) is 0 Å². The second-order valence-corrected chi connectivity index (χ2v) is 2.18. The molecule has 0 fully saturated rings. The smallest absolute Gasteiger partial charge is 0.180 e. The molecule has 60 valence electrons. The van der Waals surface area contributed by atoms with Gasteiger partial charge in [0, 0.05) is 12.7 Å². The zero-order valence-corrected chi connectivity index (χ0v) is 6.19. The number of aromatic hydroxyl groups is 1. The topological polar surface area (TPSA) is 49.7 Å². The number of aliphatic hydroxyl groups excluding tert-OH is 1. The van der Waals surface area contributed by atoms with E-state index in [1.54, 1.807) is 12.1 Å². The van der Waals surface area contributed by atoms with Gasteiger partial charge in [-0.25, -0.2) is 0 Å². The second kappa shape index (κ2) is 3.37. The largest absolute Gasteiger partial charge is 0.508 e. The molecule has 0 spiro atoms. The van der Waals surface area contributed by atoms with Gasteiger partial charge in [-0.2, -0.15) is 0 Å². The van der Waals surface area contributed by atoms with Crippen molar-refractivity contribution in [2.24, 2.45) is 0 Å². The number of rotatable bonds is 2. The quantitative estimate of drug-likeness (QED) is 0.625. The lowest BCUT2D eigenvalue weighted by Gasteiger charge is -2.07. The Morgan fingerprint density at radius 3 is 2.73 bits per heavy atom. The number of ether oxygens (including phenoxy) is 1. The minimum Gasteiger partial charge on any atom is -0.508 e. The summed E-state index contributed by atoms with van der Waals surface area (Å²) in [6, 6.07) is 6.31. The second-order valence-electron chi connectivity index (χ2n) is 2.18. The van der Waals surface area contributed by atoms with Gasteiger partial charge in [-0.05, 0) is 12.1 Å². The van der Waals surface area contributed by atoms with Crippen LogP contribution in [0.4, 0.5) is 0 Å². The van der Waals surface area contributed by atoms with E-state index in [4.69, 9.17) is 10.2 Å². The van der Waals surface area contributed by atoms with Crippen LogP contribution in [0.2, 0.25) is 0 Å².